The Morgan fingerprint density at radius 1 is 1.03 bits per heavy atom. The molecule has 0 spiro atoms. The molecule has 0 aliphatic carbocycles. The number of hydrogen-bond acceptors (Lipinski definition) is 5. The molecule has 0 radical (unpaired) electrons. The molecule has 7 nitrogen and oxygen atoms in total. The molecule has 2 aromatic carbocycles. The topological polar surface area (TPSA) is 97.4 Å². The monoisotopic (exact) mass is 469 g/mol. The van der Waals surface area contributed by atoms with E-state index in [9.17, 15) is 30.8 Å². The summed E-state index contributed by atoms with van der Waals surface area (Å²) in [6, 6.07) is 9.75. The van der Waals surface area contributed by atoms with E-state index in [4.69, 9.17) is 0 Å². The highest BCUT2D eigenvalue weighted by Crippen LogP contribution is 2.29. The Balaban J connectivity index is 1.68. The molecule has 168 valence electrons. The van der Waals surface area contributed by atoms with Crippen LogP contribution in [0.25, 0.3) is 0 Å². The first kappa shape index (κ1) is 23.0. The maximum atomic E-state index is 13.9. The van der Waals surface area contributed by atoms with Gasteiger partial charge in [0.25, 0.3) is 0 Å². The molecule has 12 heteroatoms. The largest absolute Gasteiger partial charge is 0.573 e. The zero-order chi connectivity index (χ0) is 23.4. The minimum absolute atomic E-state index is 0.228. The number of nitrogens with zero attached hydrogens (tertiary/aromatic N) is 1. The molecule has 3 rings (SSSR count). The fourth-order valence-corrected chi connectivity index (χ4v) is 3.84. The van der Waals surface area contributed by atoms with Gasteiger partial charge in [0.1, 0.15) is 0 Å². The number of anilines is 1. The van der Waals surface area contributed by atoms with Crippen molar-refractivity contribution in [3.8, 4) is 5.75 Å². The predicted octanol–water partition coefficient (Wildman–Crippen LogP) is 4.27. The molecule has 0 atom stereocenters. The summed E-state index contributed by atoms with van der Waals surface area (Å²) in [6.07, 6.45) is -1.93. The Bertz CT molecular complexity index is 1200. The van der Waals surface area contributed by atoms with Gasteiger partial charge in [0.05, 0.1) is 9.79 Å². The number of benzene rings is 2. The fourth-order valence-electron chi connectivity index (χ4n) is 2.57. The van der Waals surface area contributed by atoms with Gasteiger partial charge in [-0.1, -0.05) is 6.07 Å². The number of aromatic nitrogens is 1. The zero-order valence-electron chi connectivity index (χ0n) is 16.1. The number of urea groups is 1. The molecular weight excluding hydrogens is 454 g/mol. The summed E-state index contributed by atoms with van der Waals surface area (Å²) in [5.41, 5.74) is 1.07. The van der Waals surface area contributed by atoms with Crippen molar-refractivity contribution in [2.75, 3.05) is 5.32 Å². The van der Waals surface area contributed by atoms with E-state index in [0.717, 1.165) is 11.6 Å². The number of nitrogens with one attached hydrogen (secondary N) is 2. The second kappa shape index (κ2) is 9.22. The van der Waals surface area contributed by atoms with E-state index in [2.05, 4.69) is 20.4 Å². The lowest BCUT2D eigenvalue weighted by molar-refractivity contribution is -0.275. The third-order valence-corrected chi connectivity index (χ3v) is 5.80. The Hall–Kier alpha value is -3.67. The number of sulfone groups is 1. The molecule has 0 unspecified atom stereocenters. The molecule has 0 aliphatic heterocycles. The number of amides is 2. The van der Waals surface area contributed by atoms with Crippen LogP contribution in [-0.4, -0.2) is 25.8 Å². The molecule has 2 N–H and O–H groups in total. The lowest BCUT2D eigenvalue weighted by atomic mass is 10.3. The van der Waals surface area contributed by atoms with Gasteiger partial charge in [0.2, 0.25) is 9.84 Å². The number of carbonyl (C=O) groups is 1. The van der Waals surface area contributed by atoms with Gasteiger partial charge in [-0.3, -0.25) is 4.98 Å². The average molecular weight is 469 g/mol. The van der Waals surface area contributed by atoms with Gasteiger partial charge in [-0.15, -0.1) is 13.2 Å². The van der Waals surface area contributed by atoms with Crippen LogP contribution >= 0.6 is 0 Å². The van der Waals surface area contributed by atoms with Crippen molar-refractivity contribution in [3.05, 3.63) is 78.4 Å². The molecule has 32 heavy (non-hydrogen) atoms. The SMILES string of the molecule is O=C(NCc1cccnc1)Nc1ccc(S(=O)(=O)c2ccc(OC(F)(F)F)c(F)c2)cc1. The lowest BCUT2D eigenvalue weighted by Gasteiger charge is -2.11. The summed E-state index contributed by atoms with van der Waals surface area (Å²) in [6.45, 7) is 0.228. The minimum Gasteiger partial charge on any atom is -0.403 e. The molecule has 1 aromatic heterocycles. The van der Waals surface area contributed by atoms with E-state index in [1.54, 1.807) is 24.5 Å². The van der Waals surface area contributed by atoms with Crippen molar-refractivity contribution >= 4 is 21.6 Å². The highest BCUT2D eigenvalue weighted by atomic mass is 32.2. The molecule has 0 fully saturated rings. The van der Waals surface area contributed by atoms with Crippen LogP contribution in [0.2, 0.25) is 0 Å². The third kappa shape index (κ3) is 5.94. The lowest BCUT2D eigenvalue weighted by Crippen LogP contribution is -2.28. The minimum atomic E-state index is -5.12. The molecule has 0 aliphatic rings. The van der Waals surface area contributed by atoms with E-state index in [1.165, 1.54) is 24.3 Å². The molecule has 2 amide bonds. The number of alkyl halides is 3. The van der Waals surface area contributed by atoms with Crippen LogP contribution in [0.4, 0.5) is 28.0 Å². The number of rotatable bonds is 6. The van der Waals surface area contributed by atoms with E-state index in [1.807, 2.05) is 0 Å². The van der Waals surface area contributed by atoms with Gasteiger partial charge in [0.15, 0.2) is 11.6 Å². The van der Waals surface area contributed by atoms with Gasteiger partial charge in [0, 0.05) is 24.6 Å². The summed E-state index contributed by atoms with van der Waals surface area (Å²) >= 11 is 0. The van der Waals surface area contributed by atoms with Gasteiger partial charge < -0.3 is 15.4 Å². The highest BCUT2D eigenvalue weighted by Gasteiger charge is 2.32. The molecular formula is C20H15F4N3O4S. The molecule has 0 saturated heterocycles. The summed E-state index contributed by atoms with van der Waals surface area (Å²) in [5.74, 6) is -2.62. The Labute approximate surface area is 180 Å². The quantitative estimate of drug-likeness (QED) is 0.526. The van der Waals surface area contributed by atoms with Crippen LogP contribution in [0.5, 0.6) is 5.75 Å². The van der Waals surface area contributed by atoms with Crippen LogP contribution in [-0.2, 0) is 16.4 Å². The van der Waals surface area contributed by atoms with Gasteiger partial charge >= 0.3 is 12.4 Å². The molecule has 0 saturated carbocycles. The van der Waals surface area contributed by atoms with E-state index in [0.29, 0.717) is 12.1 Å². The van der Waals surface area contributed by atoms with Crippen LogP contribution in [0.15, 0.2) is 76.8 Å². The number of halogens is 4. The molecule has 1 heterocycles. The van der Waals surface area contributed by atoms with Crippen LogP contribution in [0, 0.1) is 5.82 Å². The van der Waals surface area contributed by atoms with E-state index < -0.39 is 38.7 Å². The number of ether oxygens (including phenoxy) is 1. The average Bonchev–Trinajstić information content (AvgIpc) is 2.74. The van der Waals surface area contributed by atoms with Crippen molar-refractivity contribution in [2.24, 2.45) is 0 Å². The van der Waals surface area contributed by atoms with Crippen molar-refractivity contribution in [3.63, 3.8) is 0 Å². The van der Waals surface area contributed by atoms with E-state index in [-0.39, 0.29) is 17.1 Å². The Kier molecular flexibility index (Phi) is 6.63. The van der Waals surface area contributed by atoms with Crippen molar-refractivity contribution in [1.82, 2.24) is 10.3 Å². The molecule has 3 aromatic rings. The van der Waals surface area contributed by atoms with Gasteiger partial charge in [-0.25, -0.2) is 17.6 Å². The number of pyridine rings is 1. The Morgan fingerprint density at radius 2 is 1.72 bits per heavy atom. The standard InChI is InChI=1S/C20H15F4N3O4S/c21-17-10-16(7-8-18(17)31-20(22,23)24)32(29,30)15-5-3-14(4-6-15)27-19(28)26-12-13-2-1-9-25-11-13/h1-11H,12H2,(H2,26,27,28). The van der Waals surface area contributed by atoms with Crippen molar-refractivity contribution < 1.29 is 35.5 Å². The number of carbonyl (C=O) groups excluding carboxylic acids is 1. The highest BCUT2D eigenvalue weighted by molar-refractivity contribution is 7.91. The first-order valence-electron chi connectivity index (χ1n) is 8.89. The van der Waals surface area contributed by atoms with Crippen molar-refractivity contribution in [2.45, 2.75) is 22.7 Å². The van der Waals surface area contributed by atoms with Crippen LogP contribution in [0.1, 0.15) is 5.56 Å². The Morgan fingerprint density at radius 3 is 2.31 bits per heavy atom. The molecule has 0 bridgehead atoms. The maximum absolute atomic E-state index is 13.9. The summed E-state index contributed by atoms with van der Waals surface area (Å²) < 4.78 is 79.4. The summed E-state index contributed by atoms with van der Waals surface area (Å²) in [7, 11) is -4.23. The van der Waals surface area contributed by atoms with E-state index >= 15 is 0 Å². The summed E-state index contributed by atoms with van der Waals surface area (Å²) in [5, 5.41) is 5.12. The second-order valence-corrected chi connectivity index (χ2v) is 8.29. The maximum Gasteiger partial charge on any atom is 0.573 e. The van der Waals surface area contributed by atoms with Crippen LogP contribution < -0.4 is 15.4 Å². The fraction of sp³-hybridized carbons (Fsp3) is 0.100. The normalized spacial score (nSPS) is 11.6. The first-order chi connectivity index (χ1) is 15.0. The second-order valence-electron chi connectivity index (χ2n) is 6.34. The van der Waals surface area contributed by atoms with Crippen LogP contribution in [0.3, 0.4) is 0 Å². The first-order valence-corrected chi connectivity index (χ1v) is 10.4. The van der Waals surface area contributed by atoms with Crippen molar-refractivity contribution in [1.29, 1.82) is 0 Å². The summed E-state index contributed by atoms with van der Waals surface area (Å²) in [4.78, 5) is 15.1. The predicted molar refractivity (Wildman–Crippen MR) is 105 cm³/mol. The van der Waals surface area contributed by atoms with Gasteiger partial charge in [-0.05, 0) is 54.1 Å². The number of hydrogen-bond donors (Lipinski definition) is 2. The smallest absolute Gasteiger partial charge is 0.403 e. The zero-order valence-corrected chi connectivity index (χ0v) is 16.9. The third-order valence-electron chi connectivity index (χ3n) is 4.04. The van der Waals surface area contributed by atoms with Gasteiger partial charge in [-0.2, -0.15) is 0 Å².